The predicted molar refractivity (Wildman–Crippen MR) is 134 cm³/mol. The van der Waals surface area contributed by atoms with Crippen molar-refractivity contribution < 1.29 is 4.79 Å². The van der Waals surface area contributed by atoms with Gasteiger partial charge in [0.05, 0.1) is 6.54 Å². The van der Waals surface area contributed by atoms with E-state index in [1.165, 1.54) is 43.8 Å². The minimum absolute atomic E-state index is 0.362. The van der Waals surface area contributed by atoms with Crippen LogP contribution in [-0.2, 0) is 11.2 Å². The maximum atomic E-state index is 10.4. The highest BCUT2D eigenvalue weighted by Crippen LogP contribution is 2.38. The SMILES string of the molecule is C1=CCC(C2=CC=CC2)=C1.O=C=NCC1CCCc2c1ccc1c2ccc2ccccc21. The molecule has 0 aliphatic heterocycles. The summed E-state index contributed by atoms with van der Waals surface area (Å²) in [4.78, 5) is 14.2. The third-order valence-corrected chi connectivity index (χ3v) is 6.82. The van der Waals surface area contributed by atoms with Crippen LogP contribution in [0.3, 0.4) is 0 Å². The second-order valence-electron chi connectivity index (χ2n) is 8.68. The van der Waals surface area contributed by atoms with Gasteiger partial charge in [-0.3, -0.25) is 0 Å². The van der Waals surface area contributed by atoms with E-state index in [-0.39, 0.29) is 0 Å². The Hall–Kier alpha value is -3.48. The molecule has 2 heteroatoms. The number of benzene rings is 3. The number of hydrogen-bond donors (Lipinski definition) is 0. The number of aliphatic imine (C=N–C) groups is 1. The van der Waals surface area contributed by atoms with Crippen LogP contribution in [0.5, 0.6) is 0 Å². The zero-order valence-electron chi connectivity index (χ0n) is 18.3. The minimum atomic E-state index is 0.362. The zero-order valence-corrected chi connectivity index (χ0v) is 18.3. The molecule has 3 aliphatic carbocycles. The van der Waals surface area contributed by atoms with Crippen LogP contribution in [0.2, 0.25) is 0 Å². The average molecular weight is 418 g/mol. The molecule has 0 heterocycles. The summed E-state index contributed by atoms with van der Waals surface area (Å²) < 4.78 is 0. The molecule has 0 aromatic heterocycles. The molecule has 3 aromatic rings. The van der Waals surface area contributed by atoms with E-state index in [2.05, 4.69) is 90.0 Å². The summed E-state index contributed by atoms with van der Waals surface area (Å²) in [5.41, 5.74) is 5.80. The van der Waals surface area contributed by atoms with E-state index in [4.69, 9.17) is 0 Å². The summed E-state index contributed by atoms with van der Waals surface area (Å²) in [6.07, 6.45) is 20.4. The molecule has 0 saturated heterocycles. The van der Waals surface area contributed by atoms with Crippen LogP contribution in [0.15, 0.2) is 101 Å². The largest absolute Gasteiger partial charge is 0.234 e. The normalized spacial score (nSPS) is 18.6. The van der Waals surface area contributed by atoms with Gasteiger partial charge in [-0.15, -0.1) is 0 Å². The molecule has 158 valence electrons. The number of allylic oxidation sites excluding steroid dienone is 8. The Bertz CT molecular complexity index is 1300. The fourth-order valence-electron chi connectivity index (χ4n) is 5.22. The number of fused-ring (bicyclic) bond motifs is 5. The van der Waals surface area contributed by atoms with Crippen molar-refractivity contribution in [3.05, 3.63) is 107 Å². The monoisotopic (exact) mass is 417 g/mol. The lowest BCUT2D eigenvalue weighted by molar-refractivity contribution is 0.545. The quantitative estimate of drug-likeness (QED) is 0.246. The van der Waals surface area contributed by atoms with E-state index in [0.29, 0.717) is 12.5 Å². The lowest BCUT2D eigenvalue weighted by atomic mass is 9.80. The maximum absolute atomic E-state index is 10.4. The van der Waals surface area contributed by atoms with Crippen molar-refractivity contribution >= 4 is 27.6 Å². The lowest BCUT2D eigenvalue weighted by Crippen LogP contribution is -2.12. The molecule has 32 heavy (non-hydrogen) atoms. The van der Waals surface area contributed by atoms with Gasteiger partial charge in [0.2, 0.25) is 6.08 Å². The van der Waals surface area contributed by atoms with Crippen molar-refractivity contribution in [1.82, 2.24) is 0 Å². The Labute approximate surface area is 189 Å². The van der Waals surface area contributed by atoms with E-state index in [9.17, 15) is 4.79 Å². The van der Waals surface area contributed by atoms with E-state index in [1.807, 2.05) is 0 Å². The molecule has 3 aromatic carbocycles. The molecule has 0 bridgehead atoms. The van der Waals surface area contributed by atoms with Crippen LogP contribution < -0.4 is 0 Å². The van der Waals surface area contributed by atoms with Crippen molar-refractivity contribution in [2.24, 2.45) is 4.99 Å². The molecular weight excluding hydrogens is 390 g/mol. The Morgan fingerprint density at radius 2 is 1.59 bits per heavy atom. The van der Waals surface area contributed by atoms with E-state index in [0.717, 1.165) is 32.1 Å². The highest BCUT2D eigenvalue weighted by Gasteiger charge is 2.22. The van der Waals surface area contributed by atoms with Crippen molar-refractivity contribution in [3.8, 4) is 0 Å². The summed E-state index contributed by atoms with van der Waals surface area (Å²) in [5, 5.41) is 5.29. The average Bonchev–Trinajstić information content (AvgIpc) is 3.57. The van der Waals surface area contributed by atoms with Crippen molar-refractivity contribution in [2.45, 2.75) is 38.0 Å². The van der Waals surface area contributed by atoms with Crippen LogP contribution in [-0.4, -0.2) is 12.6 Å². The number of nitrogens with zero attached hydrogens (tertiary/aromatic N) is 1. The van der Waals surface area contributed by atoms with E-state index < -0.39 is 0 Å². The Morgan fingerprint density at radius 1 is 0.844 bits per heavy atom. The van der Waals surface area contributed by atoms with Gasteiger partial charge in [-0.25, -0.2) is 9.79 Å². The lowest BCUT2D eigenvalue weighted by Gasteiger charge is -2.25. The second kappa shape index (κ2) is 9.34. The van der Waals surface area contributed by atoms with E-state index >= 15 is 0 Å². The first kappa shape index (κ1) is 20.4. The molecule has 6 rings (SSSR count). The zero-order chi connectivity index (χ0) is 21.8. The molecule has 0 radical (unpaired) electrons. The molecule has 2 nitrogen and oxygen atoms in total. The molecule has 0 N–H and O–H groups in total. The Morgan fingerprint density at radius 3 is 2.31 bits per heavy atom. The van der Waals surface area contributed by atoms with Gasteiger partial charge < -0.3 is 0 Å². The molecule has 1 atom stereocenters. The molecule has 1 unspecified atom stereocenters. The summed E-state index contributed by atoms with van der Waals surface area (Å²) in [6, 6.07) is 17.5. The topological polar surface area (TPSA) is 29.4 Å². The molecule has 0 spiro atoms. The van der Waals surface area contributed by atoms with E-state index in [1.54, 1.807) is 6.08 Å². The van der Waals surface area contributed by atoms with Crippen LogP contribution in [0, 0.1) is 0 Å². The highest BCUT2D eigenvalue weighted by atomic mass is 16.1. The Kier molecular flexibility index (Phi) is 5.96. The second-order valence-corrected chi connectivity index (χ2v) is 8.68. The van der Waals surface area contributed by atoms with Crippen LogP contribution in [0.1, 0.15) is 42.7 Å². The number of hydrogen-bond acceptors (Lipinski definition) is 2. The fraction of sp³-hybridized carbons (Fsp3) is 0.233. The van der Waals surface area contributed by atoms with Crippen LogP contribution in [0.4, 0.5) is 0 Å². The number of rotatable bonds is 3. The summed E-state index contributed by atoms with van der Waals surface area (Å²) in [7, 11) is 0. The standard InChI is InChI=1S/C20H17NO.C10H10/c22-13-21-12-15-5-3-7-18-17(15)10-11-19-16-6-2-1-4-14(16)8-9-20(18)19;1-2-6-9(5-1)10-7-3-4-8-10/h1-2,4,6,8-11,15H,3,5,7,12H2;1-5,7H,6,8H2. The van der Waals surface area contributed by atoms with Crippen molar-refractivity contribution in [3.63, 3.8) is 0 Å². The van der Waals surface area contributed by atoms with Gasteiger partial charge in [-0.2, -0.15) is 0 Å². The number of isocyanates is 1. The molecule has 3 aliphatic rings. The summed E-state index contributed by atoms with van der Waals surface area (Å²) >= 11 is 0. The molecular formula is C30H27NO. The summed E-state index contributed by atoms with van der Waals surface area (Å²) in [6.45, 7) is 0.565. The highest BCUT2D eigenvalue weighted by molar-refractivity contribution is 6.08. The van der Waals surface area contributed by atoms with Crippen LogP contribution >= 0.6 is 0 Å². The minimum Gasteiger partial charge on any atom is -0.211 e. The smallest absolute Gasteiger partial charge is 0.211 e. The number of aryl methyl sites for hydroxylation is 1. The van der Waals surface area contributed by atoms with Gasteiger partial charge in [0.15, 0.2) is 0 Å². The van der Waals surface area contributed by atoms with Crippen molar-refractivity contribution in [1.29, 1.82) is 0 Å². The fourth-order valence-corrected chi connectivity index (χ4v) is 5.22. The van der Waals surface area contributed by atoms with Gasteiger partial charge in [0.25, 0.3) is 0 Å². The van der Waals surface area contributed by atoms with Gasteiger partial charge in [0.1, 0.15) is 0 Å². The summed E-state index contributed by atoms with van der Waals surface area (Å²) in [5.74, 6) is 0.362. The first-order valence-corrected chi connectivity index (χ1v) is 11.5. The first-order valence-electron chi connectivity index (χ1n) is 11.5. The predicted octanol–water partition coefficient (Wildman–Crippen LogP) is 7.51. The first-order chi connectivity index (χ1) is 15.8. The van der Waals surface area contributed by atoms with Gasteiger partial charge >= 0.3 is 0 Å². The van der Waals surface area contributed by atoms with Crippen molar-refractivity contribution in [2.75, 3.05) is 6.54 Å². The molecule has 0 fully saturated rings. The maximum Gasteiger partial charge on any atom is 0.234 e. The molecule has 0 amide bonds. The van der Waals surface area contributed by atoms with Gasteiger partial charge in [-0.1, -0.05) is 85.0 Å². The third kappa shape index (κ3) is 4.02. The number of carbonyl (C=O) groups excluding carboxylic acids is 1. The van der Waals surface area contributed by atoms with Gasteiger partial charge in [-0.05, 0) is 75.9 Å². The third-order valence-electron chi connectivity index (χ3n) is 6.82. The van der Waals surface area contributed by atoms with Crippen LogP contribution in [0.25, 0.3) is 21.5 Å². The Balaban J connectivity index is 0.000000180. The molecule has 0 saturated carbocycles. The van der Waals surface area contributed by atoms with Gasteiger partial charge in [0, 0.05) is 5.92 Å².